The Kier molecular flexibility index (Phi) is 2.93. The highest BCUT2D eigenvalue weighted by Gasteiger charge is 2.31. The van der Waals surface area contributed by atoms with Crippen LogP contribution < -0.4 is 5.32 Å². The lowest BCUT2D eigenvalue weighted by molar-refractivity contribution is -0.137. The highest BCUT2D eigenvalue weighted by molar-refractivity contribution is 5.36. The molecule has 16 heavy (non-hydrogen) atoms. The summed E-state index contributed by atoms with van der Waals surface area (Å²) in [4.78, 5) is 0. The van der Waals surface area contributed by atoms with Gasteiger partial charge in [-0.25, -0.2) is 0 Å². The number of halogens is 3. The molecule has 0 saturated carbocycles. The van der Waals surface area contributed by atoms with Gasteiger partial charge in [0.05, 0.1) is 5.56 Å². The zero-order valence-electron chi connectivity index (χ0n) is 9.06. The summed E-state index contributed by atoms with van der Waals surface area (Å²) in [5, 5.41) is 3.22. The van der Waals surface area contributed by atoms with E-state index in [4.69, 9.17) is 0 Å². The molecule has 1 atom stereocenters. The van der Waals surface area contributed by atoms with E-state index in [0.717, 1.165) is 24.2 Å². The Balaban J connectivity index is 2.41. The third-order valence-corrected chi connectivity index (χ3v) is 3.02. The Labute approximate surface area is 92.7 Å². The number of hydrogen-bond donors (Lipinski definition) is 1. The Morgan fingerprint density at radius 3 is 2.75 bits per heavy atom. The molecule has 1 aliphatic heterocycles. The van der Waals surface area contributed by atoms with Crippen molar-refractivity contribution < 1.29 is 13.2 Å². The fraction of sp³-hybridized carbons (Fsp3) is 0.500. The number of benzene rings is 1. The Hall–Kier alpha value is -1.03. The molecule has 4 heteroatoms. The monoisotopic (exact) mass is 229 g/mol. The van der Waals surface area contributed by atoms with Crippen LogP contribution in [0.4, 0.5) is 13.2 Å². The first-order valence-corrected chi connectivity index (χ1v) is 5.39. The summed E-state index contributed by atoms with van der Waals surface area (Å²) in [6.45, 7) is 3.61. The molecule has 1 heterocycles. The van der Waals surface area contributed by atoms with Crippen molar-refractivity contribution in [2.45, 2.75) is 25.4 Å². The number of hydrogen-bond acceptors (Lipinski definition) is 1. The molecule has 0 radical (unpaired) electrons. The SMILES string of the molecule is CC1CNCCc2cc(C(F)(F)F)ccc21. The summed E-state index contributed by atoms with van der Waals surface area (Å²) in [6, 6.07) is 4.09. The Morgan fingerprint density at radius 1 is 1.31 bits per heavy atom. The first-order chi connectivity index (χ1) is 7.48. The molecule has 0 spiro atoms. The molecule has 0 amide bonds. The number of nitrogens with one attached hydrogen (secondary N) is 1. The van der Waals surface area contributed by atoms with E-state index in [9.17, 15) is 13.2 Å². The maximum Gasteiger partial charge on any atom is 0.416 e. The molecule has 1 unspecified atom stereocenters. The van der Waals surface area contributed by atoms with Crippen LogP contribution in [0.1, 0.15) is 29.5 Å². The van der Waals surface area contributed by atoms with Gasteiger partial charge in [0.1, 0.15) is 0 Å². The molecular weight excluding hydrogens is 215 g/mol. The van der Waals surface area contributed by atoms with Crippen LogP contribution in [-0.4, -0.2) is 13.1 Å². The summed E-state index contributed by atoms with van der Waals surface area (Å²) in [6.07, 6.45) is -3.57. The van der Waals surface area contributed by atoms with Crippen LogP contribution in [0.15, 0.2) is 18.2 Å². The second kappa shape index (κ2) is 4.09. The third-order valence-electron chi connectivity index (χ3n) is 3.02. The molecule has 0 fully saturated rings. The van der Waals surface area contributed by atoms with Crippen LogP contribution in [0.25, 0.3) is 0 Å². The van der Waals surface area contributed by atoms with Crippen LogP contribution in [0.2, 0.25) is 0 Å². The molecule has 0 bridgehead atoms. The van der Waals surface area contributed by atoms with Crippen LogP contribution in [-0.2, 0) is 12.6 Å². The van der Waals surface area contributed by atoms with E-state index in [1.165, 1.54) is 12.1 Å². The predicted octanol–water partition coefficient (Wildman–Crippen LogP) is 2.95. The fourth-order valence-electron chi connectivity index (χ4n) is 2.13. The molecule has 1 aromatic rings. The Morgan fingerprint density at radius 2 is 2.06 bits per heavy atom. The second-order valence-electron chi connectivity index (χ2n) is 4.27. The molecule has 1 N–H and O–H groups in total. The van der Waals surface area contributed by atoms with E-state index < -0.39 is 11.7 Å². The van der Waals surface area contributed by atoms with E-state index in [1.807, 2.05) is 6.92 Å². The van der Waals surface area contributed by atoms with Gasteiger partial charge in [-0.1, -0.05) is 13.0 Å². The minimum Gasteiger partial charge on any atom is -0.316 e. The highest BCUT2D eigenvalue weighted by atomic mass is 19.4. The maximum atomic E-state index is 12.5. The van der Waals surface area contributed by atoms with Gasteiger partial charge in [0.2, 0.25) is 0 Å². The van der Waals surface area contributed by atoms with Gasteiger partial charge in [0.25, 0.3) is 0 Å². The first kappa shape index (κ1) is 11.5. The lowest BCUT2D eigenvalue weighted by Crippen LogP contribution is -2.18. The van der Waals surface area contributed by atoms with Gasteiger partial charge in [-0.05, 0) is 42.1 Å². The van der Waals surface area contributed by atoms with Gasteiger partial charge in [-0.15, -0.1) is 0 Å². The van der Waals surface area contributed by atoms with Gasteiger partial charge >= 0.3 is 6.18 Å². The zero-order chi connectivity index (χ0) is 11.8. The molecule has 1 nitrogen and oxygen atoms in total. The Bertz CT molecular complexity index is 384. The number of alkyl halides is 3. The number of fused-ring (bicyclic) bond motifs is 1. The van der Waals surface area contributed by atoms with E-state index in [-0.39, 0.29) is 5.92 Å². The first-order valence-electron chi connectivity index (χ1n) is 5.39. The smallest absolute Gasteiger partial charge is 0.316 e. The van der Waals surface area contributed by atoms with Crippen LogP contribution in [0.5, 0.6) is 0 Å². The average molecular weight is 229 g/mol. The van der Waals surface area contributed by atoms with Crippen LogP contribution in [0, 0.1) is 0 Å². The topological polar surface area (TPSA) is 12.0 Å². The fourth-order valence-corrected chi connectivity index (χ4v) is 2.13. The van der Waals surface area contributed by atoms with Crippen molar-refractivity contribution in [3.8, 4) is 0 Å². The summed E-state index contributed by atoms with van der Waals surface area (Å²) in [7, 11) is 0. The third kappa shape index (κ3) is 2.21. The van der Waals surface area contributed by atoms with Crippen molar-refractivity contribution in [3.63, 3.8) is 0 Å². The van der Waals surface area contributed by atoms with Crippen molar-refractivity contribution in [2.24, 2.45) is 0 Å². The molecule has 2 rings (SSSR count). The van der Waals surface area contributed by atoms with Gasteiger partial charge in [-0.3, -0.25) is 0 Å². The van der Waals surface area contributed by atoms with Gasteiger partial charge in [-0.2, -0.15) is 13.2 Å². The average Bonchev–Trinajstić information content (AvgIpc) is 2.39. The molecule has 0 aromatic heterocycles. The van der Waals surface area contributed by atoms with Gasteiger partial charge < -0.3 is 5.32 Å². The van der Waals surface area contributed by atoms with Crippen molar-refractivity contribution in [2.75, 3.05) is 13.1 Å². The summed E-state index contributed by atoms with van der Waals surface area (Å²) < 4.78 is 37.6. The number of rotatable bonds is 0. The molecule has 1 aliphatic rings. The predicted molar refractivity (Wildman–Crippen MR) is 56.4 cm³/mol. The molecule has 0 aliphatic carbocycles. The minimum absolute atomic E-state index is 0.278. The summed E-state index contributed by atoms with van der Waals surface area (Å²) in [5.74, 6) is 0.278. The maximum absolute atomic E-state index is 12.5. The van der Waals surface area contributed by atoms with E-state index in [1.54, 1.807) is 6.07 Å². The largest absolute Gasteiger partial charge is 0.416 e. The second-order valence-corrected chi connectivity index (χ2v) is 4.27. The molecule has 0 saturated heterocycles. The normalized spacial score (nSPS) is 21.4. The lowest BCUT2D eigenvalue weighted by atomic mass is 9.93. The van der Waals surface area contributed by atoms with Crippen LogP contribution in [0.3, 0.4) is 0 Å². The standard InChI is InChI=1S/C12H14F3N/c1-8-7-16-5-4-9-6-10(12(13,14)15)2-3-11(8)9/h2-3,6,8,16H,4-5,7H2,1H3. The van der Waals surface area contributed by atoms with Crippen molar-refractivity contribution >= 4 is 0 Å². The minimum atomic E-state index is -4.24. The molecular formula is C12H14F3N. The van der Waals surface area contributed by atoms with Gasteiger partial charge in [0, 0.05) is 6.54 Å². The van der Waals surface area contributed by atoms with E-state index in [0.29, 0.717) is 6.42 Å². The zero-order valence-corrected chi connectivity index (χ0v) is 9.06. The summed E-state index contributed by atoms with van der Waals surface area (Å²) >= 11 is 0. The van der Waals surface area contributed by atoms with E-state index in [2.05, 4.69) is 5.32 Å². The van der Waals surface area contributed by atoms with Crippen molar-refractivity contribution in [1.29, 1.82) is 0 Å². The molecule has 88 valence electrons. The van der Waals surface area contributed by atoms with Crippen LogP contribution >= 0.6 is 0 Å². The lowest BCUT2D eigenvalue weighted by Gasteiger charge is -2.14. The quantitative estimate of drug-likeness (QED) is 0.721. The summed E-state index contributed by atoms with van der Waals surface area (Å²) in [5.41, 5.74) is 1.32. The van der Waals surface area contributed by atoms with Crippen molar-refractivity contribution in [1.82, 2.24) is 5.32 Å². The highest BCUT2D eigenvalue weighted by Crippen LogP contribution is 2.32. The van der Waals surface area contributed by atoms with Crippen molar-refractivity contribution in [3.05, 3.63) is 34.9 Å². The molecule has 1 aromatic carbocycles. The van der Waals surface area contributed by atoms with E-state index >= 15 is 0 Å². The van der Waals surface area contributed by atoms with Gasteiger partial charge in [0.15, 0.2) is 0 Å².